The molecule has 0 bridgehead atoms. The van der Waals surface area contributed by atoms with Crippen LogP contribution < -0.4 is 4.74 Å². The normalized spacial score (nSPS) is 20.2. The number of aliphatic carboxylic acids is 1. The van der Waals surface area contributed by atoms with Gasteiger partial charge in [-0.05, 0) is 18.2 Å². The number of carboxylic acids is 1. The summed E-state index contributed by atoms with van der Waals surface area (Å²) < 4.78 is 6.62. The number of rotatable bonds is 5. The molecule has 0 saturated carbocycles. The lowest BCUT2D eigenvalue weighted by Gasteiger charge is -2.32. The van der Waals surface area contributed by atoms with Gasteiger partial charge in [0.1, 0.15) is 18.4 Å². The molecule has 0 amide bonds. The van der Waals surface area contributed by atoms with E-state index in [-0.39, 0.29) is 6.04 Å². The minimum atomic E-state index is -0.741. The molecule has 2 rings (SSSR count). The number of thioether (sulfide) groups is 1. The number of carboxylic acid groups (broad SMARTS) is 1. The van der Waals surface area contributed by atoms with Crippen LogP contribution in [0.25, 0.3) is 0 Å². The van der Waals surface area contributed by atoms with Gasteiger partial charge in [-0.3, -0.25) is 9.69 Å². The Kier molecular flexibility index (Phi) is 5.54. The predicted octanol–water partition coefficient (Wildman–Crippen LogP) is 2.33. The van der Waals surface area contributed by atoms with Crippen molar-refractivity contribution in [2.75, 3.05) is 31.2 Å². The molecule has 1 atom stereocenters. The summed E-state index contributed by atoms with van der Waals surface area (Å²) in [7, 11) is 0. The minimum Gasteiger partial charge on any atom is -0.492 e. The van der Waals surface area contributed by atoms with Gasteiger partial charge in [-0.15, -0.1) is 0 Å². The van der Waals surface area contributed by atoms with Crippen LogP contribution in [0.3, 0.4) is 0 Å². The van der Waals surface area contributed by atoms with Crippen molar-refractivity contribution in [3.63, 3.8) is 0 Å². The van der Waals surface area contributed by atoms with Crippen LogP contribution in [0.1, 0.15) is 0 Å². The van der Waals surface area contributed by atoms with Crippen molar-refractivity contribution >= 4 is 33.7 Å². The van der Waals surface area contributed by atoms with Gasteiger partial charge in [-0.25, -0.2) is 0 Å². The molecule has 19 heavy (non-hydrogen) atoms. The highest BCUT2D eigenvalue weighted by atomic mass is 79.9. The van der Waals surface area contributed by atoms with E-state index in [1.165, 1.54) is 0 Å². The molecule has 6 heteroatoms. The Balaban J connectivity index is 1.82. The number of halogens is 1. The Morgan fingerprint density at radius 1 is 1.58 bits per heavy atom. The van der Waals surface area contributed by atoms with Gasteiger partial charge < -0.3 is 9.84 Å². The lowest BCUT2D eigenvalue weighted by Crippen LogP contribution is -2.48. The molecule has 1 fully saturated rings. The van der Waals surface area contributed by atoms with Gasteiger partial charge in [0.2, 0.25) is 0 Å². The van der Waals surface area contributed by atoms with E-state index in [0.717, 1.165) is 22.5 Å². The molecular weight excluding hydrogens is 330 g/mol. The maximum atomic E-state index is 11.1. The van der Waals surface area contributed by atoms with Crippen molar-refractivity contribution in [2.24, 2.45) is 0 Å². The highest BCUT2D eigenvalue weighted by molar-refractivity contribution is 9.10. The second kappa shape index (κ2) is 7.17. The molecule has 1 aliphatic rings. The molecule has 0 spiro atoms. The Hall–Kier alpha value is -0.720. The summed E-state index contributed by atoms with van der Waals surface area (Å²) in [6.45, 7) is 1.96. The first-order valence-electron chi connectivity index (χ1n) is 6.10. The summed E-state index contributed by atoms with van der Waals surface area (Å²) in [5.74, 6) is 1.70. The van der Waals surface area contributed by atoms with Gasteiger partial charge in [0.05, 0.1) is 0 Å². The van der Waals surface area contributed by atoms with Crippen LogP contribution in [0.5, 0.6) is 5.75 Å². The highest BCUT2D eigenvalue weighted by Gasteiger charge is 2.28. The minimum absolute atomic E-state index is 0.384. The standard InChI is InChI=1S/C13H16BrNO3S/c14-10-2-1-3-11(8-10)18-6-4-15-5-7-19-9-12(15)13(16)17/h1-3,8,12H,4-7,9H2,(H,16,17). The lowest BCUT2D eigenvalue weighted by atomic mass is 10.2. The number of carbonyl (C=O) groups is 1. The smallest absolute Gasteiger partial charge is 0.321 e. The van der Waals surface area contributed by atoms with E-state index >= 15 is 0 Å². The second-order valence-electron chi connectivity index (χ2n) is 4.27. The Labute approximate surface area is 125 Å². The number of hydrogen-bond acceptors (Lipinski definition) is 4. The molecule has 4 nitrogen and oxygen atoms in total. The maximum Gasteiger partial charge on any atom is 0.321 e. The van der Waals surface area contributed by atoms with Crippen LogP contribution in [0.2, 0.25) is 0 Å². The van der Waals surface area contributed by atoms with Crippen LogP contribution in [-0.2, 0) is 4.79 Å². The number of benzene rings is 1. The van der Waals surface area contributed by atoms with Gasteiger partial charge in [0, 0.05) is 29.1 Å². The van der Waals surface area contributed by atoms with Gasteiger partial charge in [-0.1, -0.05) is 22.0 Å². The third-order valence-electron chi connectivity index (χ3n) is 2.97. The molecular formula is C13H16BrNO3S. The molecule has 1 saturated heterocycles. The fourth-order valence-electron chi connectivity index (χ4n) is 1.97. The zero-order valence-corrected chi connectivity index (χ0v) is 12.8. The molecule has 1 aliphatic heterocycles. The van der Waals surface area contributed by atoms with Crippen LogP contribution >= 0.6 is 27.7 Å². The quantitative estimate of drug-likeness (QED) is 0.887. The number of nitrogens with zero attached hydrogens (tertiary/aromatic N) is 1. The molecule has 0 aliphatic carbocycles. The summed E-state index contributed by atoms with van der Waals surface area (Å²) in [6.07, 6.45) is 0. The van der Waals surface area contributed by atoms with Crippen molar-refractivity contribution in [3.05, 3.63) is 28.7 Å². The predicted molar refractivity (Wildman–Crippen MR) is 80.0 cm³/mol. The van der Waals surface area contributed by atoms with E-state index in [4.69, 9.17) is 9.84 Å². The lowest BCUT2D eigenvalue weighted by molar-refractivity contribution is -0.142. The molecule has 0 radical (unpaired) electrons. The Bertz CT molecular complexity index is 444. The summed E-state index contributed by atoms with van der Waals surface area (Å²) >= 11 is 5.09. The summed E-state index contributed by atoms with van der Waals surface area (Å²) in [4.78, 5) is 13.1. The van der Waals surface area contributed by atoms with Gasteiger partial charge in [-0.2, -0.15) is 11.8 Å². The average Bonchev–Trinajstić information content (AvgIpc) is 2.39. The molecule has 0 aromatic heterocycles. The zero-order valence-electron chi connectivity index (χ0n) is 10.4. The van der Waals surface area contributed by atoms with E-state index in [0.29, 0.717) is 18.9 Å². The first-order chi connectivity index (χ1) is 9.16. The monoisotopic (exact) mass is 345 g/mol. The number of ether oxygens (including phenoxy) is 1. The SMILES string of the molecule is O=C(O)C1CSCCN1CCOc1cccc(Br)c1. The molecule has 1 aromatic rings. The number of hydrogen-bond donors (Lipinski definition) is 1. The fraction of sp³-hybridized carbons (Fsp3) is 0.462. The Morgan fingerprint density at radius 3 is 3.16 bits per heavy atom. The summed E-state index contributed by atoms with van der Waals surface area (Å²) in [5, 5.41) is 9.16. The van der Waals surface area contributed by atoms with Crippen LogP contribution in [-0.4, -0.2) is 53.2 Å². The van der Waals surface area contributed by atoms with Gasteiger partial charge in [0.25, 0.3) is 0 Å². The van der Waals surface area contributed by atoms with Crippen LogP contribution in [0, 0.1) is 0 Å². The molecule has 1 heterocycles. The van der Waals surface area contributed by atoms with E-state index in [9.17, 15) is 4.79 Å². The third-order valence-corrected chi connectivity index (χ3v) is 4.48. The molecule has 1 N–H and O–H groups in total. The highest BCUT2D eigenvalue weighted by Crippen LogP contribution is 2.19. The fourth-order valence-corrected chi connectivity index (χ4v) is 3.46. The van der Waals surface area contributed by atoms with Crippen LogP contribution in [0.4, 0.5) is 0 Å². The molecule has 1 aromatic carbocycles. The molecule has 1 unspecified atom stereocenters. The molecule has 104 valence electrons. The first-order valence-corrected chi connectivity index (χ1v) is 8.04. The van der Waals surface area contributed by atoms with Crippen molar-refractivity contribution in [1.82, 2.24) is 4.90 Å². The van der Waals surface area contributed by atoms with E-state index < -0.39 is 5.97 Å². The largest absolute Gasteiger partial charge is 0.492 e. The van der Waals surface area contributed by atoms with E-state index in [1.54, 1.807) is 11.8 Å². The third kappa shape index (κ3) is 4.40. The van der Waals surface area contributed by atoms with E-state index in [1.807, 2.05) is 29.2 Å². The second-order valence-corrected chi connectivity index (χ2v) is 6.34. The zero-order chi connectivity index (χ0) is 13.7. The average molecular weight is 346 g/mol. The van der Waals surface area contributed by atoms with Gasteiger partial charge >= 0.3 is 5.97 Å². The summed E-state index contributed by atoms with van der Waals surface area (Å²) in [5.41, 5.74) is 0. The summed E-state index contributed by atoms with van der Waals surface area (Å²) in [6, 6.07) is 7.27. The van der Waals surface area contributed by atoms with Gasteiger partial charge in [0.15, 0.2) is 0 Å². The van der Waals surface area contributed by atoms with Crippen molar-refractivity contribution in [2.45, 2.75) is 6.04 Å². The van der Waals surface area contributed by atoms with Crippen molar-refractivity contribution in [1.29, 1.82) is 0 Å². The van der Waals surface area contributed by atoms with E-state index in [2.05, 4.69) is 15.9 Å². The Morgan fingerprint density at radius 2 is 2.42 bits per heavy atom. The maximum absolute atomic E-state index is 11.1. The van der Waals surface area contributed by atoms with Crippen molar-refractivity contribution < 1.29 is 14.6 Å². The van der Waals surface area contributed by atoms with Crippen molar-refractivity contribution in [3.8, 4) is 5.75 Å². The first kappa shape index (κ1) is 14.7. The van der Waals surface area contributed by atoms with Crippen LogP contribution in [0.15, 0.2) is 28.7 Å². The topological polar surface area (TPSA) is 49.8 Å².